The number of carbonyl (C=O) groups is 2. The zero-order valence-electron chi connectivity index (χ0n) is 16.7. The minimum atomic E-state index is 0.00428. The van der Waals surface area contributed by atoms with Crippen LogP contribution in [0.2, 0.25) is 0 Å². The molecule has 0 unspecified atom stereocenters. The Morgan fingerprint density at radius 1 is 1.07 bits per heavy atom. The fraction of sp³-hybridized carbons (Fsp3) is 0.789. The Labute approximate surface area is 160 Å². The largest absolute Gasteiger partial charge is 0.372 e. The van der Waals surface area contributed by atoms with Crippen LogP contribution in [0.25, 0.3) is 0 Å². The van der Waals surface area contributed by atoms with E-state index in [1.807, 2.05) is 11.8 Å². The highest BCUT2D eigenvalue weighted by atomic mass is 16.5. The van der Waals surface area contributed by atoms with Crippen LogP contribution in [0, 0.1) is 5.92 Å². The summed E-state index contributed by atoms with van der Waals surface area (Å²) in [5.74, 6) is 2.85. The number of hydrogen-bond donors (Lipinski definition) is 0. The van der Waals surface area contributed by atoms with E-state index >= 15 is 0 Å². The summed E-state index contributed by atoms with van der Waals surface area (Å²) in [4.78, 5) is 28.2. The topological polar surface area (TPSA) is 80.6 Å². The van der Waals surface area contributed by atoms with Crippen molar-refractivity contribution < 1.29 is 14.3 Å². The summed E-state index contributed by atoms with van der Waals surface area (Å²) < 4.78 is 7.39. The second kappa shape index (κ2) is 8.82. The third kappa shape index (κ3) is 4.66. The highest BCUT2D eigenvalue weighted by Gasteiger charge is 2.30. The Balaban J connectivity index is 1.57. The number of likely N-dealkylation sites (tertiary alicyclic amines) is 1. The van der Waals surface area contributed by atoms with Crippen LogP contribution in [-0.2, 0) is 27.4 Å². The molecule has 2 amide bonds. The number of piperidine rings is 1. The van der Waals surface area contributed by atoms with E-state index in [1.165, 1.54) is 0 Å². The van der Waals surface area contributed by atoms with Gasteiger partial charge in [-0.1, -0.05) is 13.8 Å². The van der Waals surface area contributed by atoms with Crippen LogP contribution in [0.1, 0.15) is 57.6 Å². The third-order valence-electron chi connectivity index (χ3n) is 5.36. The Bertz CT molecular complexity index is 664. The van der Waals surface area contributed by atoms with Crippen LogP contribution < -0.4 is 0 Å². The SMILES string of the molecule is CCOCC(=O)N1CCn2c(nnc2C2CCN(C(=O)CC(C)C)CC2)C1. The molecule has 1 saturated heterocycles. The number of hydrogen-bond acceptors (Lipinski definition) is 5. The van der Waals surface area contributed by atoms with Crippen molar-refractivity contribution in [3.05, 3.63) is 11.6 Å². The summed E-state index contributed by atoms with van der Waals surface area (Å²) in [6.45, 7) is 10.2. The van der Waals surface area contributed by atoms with Gasteiger partial charge in [0.05, 0.1) is 6.54 Å². The van der Waals surface area contributed by atoms with Gasteiger partial charge in [0.1, 0.15) is 12.4 Å². The maximum Gasteiger partial charge on any atom is 0.249 e. The van der Waals surface area contributed by atoms with Gasteiger partial charge < -0.3 is 19.1 Å². The van der Waals surface area contributed by atoms with Crippen LogP contribution in [0.5, 0.6) is 0 Å². The number of amides is 2. The maximum absolute atomic E-state index is 12.3. The molecular formula is C19H31N5O3. The lowest BCUT2D eigenvalue weighted by Crippen LogP contribution is -2.41. The Morgan fingerprint density at radius 3 is 2.48 bits per heavy atom. The molecule has 2 aliphatic heterocycles. The van der Waals surface area contributed by atoms with Crippen molar-refractivity contribution in [3.63, 3.8) is 0 Å². The van der Waals surface area contributed by atoms with Gasteiger partial charge in [-0.15, -0.1) is 10.2 Å². The van der Waals surface area contributed by atoms with Gasteiger partial charge in [0.25, 0.3) is 0 Å². The molecule has 0 N–H and O–H groups in total. The van der Waals surface area contributed by atoms with E-state index in [-0.39, 0.29) is 18.4 Å². The molecule has 1 aromatic rings. The van der Waals surface area contributed by atoms with E-state index in [0.717, 1.165) is 44.1 Å². The summed E-state index contributed by atoms with van der Waals surface area (Å²) in [6.07, 6.45) is 2.47. The number of ether oxygens (including phenoxy) is 1. The van der Waals surface area contributed by atoms with Crippen molar-refractivity contribution in [1.82, 2.24) is 24.6 Å². The molecule has 1 aromatic heterocycles. The lowest BCUT2D eigenvalue weighted by Gasteiger charge is -2.33. The molecule has 2 aliphatic rings. The second-order valence-electron chi connectivity index (χ2n) is 7.83. The van der Waals surface area contributed by atoms with Crippen LogP contribution >= 0.6 is 0 Å². The first-order valence-electron chi connectivity index (χ1n) is 10.0. The van der Waals surface area contributed by atoms with Gasteiger partial charge in [-0.05, 0) is 25.7 Å². The monoisotopic (exact) mass is 377 g/mol. The molecule has 3 heterocycles. The fourth-order valence-corrected chi connectivity index (χ4v) is 3.84. The first-order valence-corrected chi connectivity index (χ1v) is 10.0. The molecule has 0 bridgehead atoms. The number of nitrogens with zero attached hydrogens (tertiary/aromatic N) is 5. The van der Waals surface area contributed by atoms with E-state index in [0.29, 0.717) is 38.0 Å². The van der Waals surface area contributed by atoms with Crippen molar-refractivity contribution in [2.45, 2.75) is 59.0 Å². The summed E-state index contributed by atoms with van der Waals surface area (Å²) >= 11 is 0. The maximum atomic E-state index is 12.3. The van der Waals surface area contributed by atoms with E-state index in [1.54, 1.807) is 4.90 Å². The zero-order valence-corrected chi connectivity index (χ0v) is 16.7. The molecule has 0 atom stereocenters. The molecule has 0 aliphatic carbocycles. The normalized spacial score (nSPS) is 18.1. The van der Waals surface area contributed by atoms with Crippen LogP contribution in [0.3, 0.4) is 0 Å². The standard InChI is InChI=1S/C19H31N5O3/c1-4-27-13-18(26)23-9-10-24-16(12-23)20-21-19(24)15-5-7-22(8-6-15)17(25)11-14(2)3/h14-15H,4-13H2,1-3H3. The number of carbonyl (C=O) groups excluding carboxylic acids is 2. The van der Waals surface area contributed by atoms with Crippen LogP contribution in [0.15, 0.2) is 0 Å². The molecule has 150 valence electrons. The van der Waals surface area contributed by atoms with Crippen molar-refractivity contribution in [2.75, 3.05) is 32.8 Å². The Hall–Kier alpha value is -1.96. The Morgan fingerprint density at radius 2 is 1.81 bits per heavy atom. The Kier molecular flexibility index (Phi) is 6.46. The smallest absolute Gasteiger partial charge is 0.249 e. The third-order valence-corrected chi connectivity index (χ3v) is 5.36. The van der Waals surface area contributed by atoms with E-state index in [4.69, 9.17) is 4.74 Å². The predicted molar refractivity (Wildman–Crippen MR) is 99.9 cm³/mol. The van der Waals surface area contributed by atoms with Crippen LogP contribution in [0.4, 0.5) is 0 Å². The second-order valence-corrected chi connectivity index (χ2v) is 7.83. The molecule has 3 rings (SSSR count). The molecule has 8 heteroatoms. The average Bonchev–Trinajstić information content (AvgIpc) is 3.08. The average molecular weight is 377 g/mol. The van der Waals surface area contributed by atoms with Crippen molar-refractivity contribution in [2.24, 2.45) is 5.92 Å². The minimum Gasteiger partial charge on any atom is -0.372 e. The highest BCUT2D eigenvalue weighted by Crippen LogP contribution is 2.29. The molecule has 1 fully saturated rings. The van der Waals surface area contributed by atoms with Gasteiger partial charge in [0.15, 0.2) is 5.82 Å². The summed E-state index contributed by atoms with van der Waals surface area (Å²) in [5.41, 5.74) is 0. The summed E-state index contributed by atoms with van der Waals surface area (Å²) in [5, 5.41) is 8.77. The molecular weight excluding hydrogens is 346 g/mol. The van der Waals surface area contributed by atoms with Gasteiger partial charge in [0.2, 0.25) is 11.8 Å². The predicted octanol–water partition coefficient (Wildman–Crippen LogP) is 1.41. The van der Waals surface area contributed by atoms with E-state index in [9.17, 15) is 9.59 Å². The number of fused-ring (bicyclic) bond motifs is 1. The molecule has 0 spiro atoms. The molecule has 0 saturated carbocycles. The summed E-state index contributed by atoms with van der Waals surface area (Å²) in [7, 11) is 0. The lowest BCUT2D eigenvalue weighted by atomic mass is 9.95. The van der Waals surface area contributed by atoms with E-state index < -0.39 is 0 Å². The summed E-state index contributed by atoms with van der Waals surface area (Å²) in [6, 6.07) is 0. The zero-order chi connectivity index (χ0) is 19.4. The molecule has 8 nitrogen and oxygen atoms in total. The first kappa shape index (κ1) is 19.8. The van der Waals surface area contributed by atoms with Crippen molar-refractivity contribution in [3.8, 4) is 0 Å². The quantitative estimate of drug-likeness (QED) is 0.749. The van der Waals surface area contributed by atoms with Gasteiger partial charge in [0, 0.05) is 45.1 Å². The highest BCUT2D eigenvalue weighted by molar-refractivity contribution is 5.77. The van der Waals surface area contributed by atoms with E-state index in [2.05, 4.69) is 28.6 Å². The molecule has 0 radical (unpaired) electrons. The minimum absolute atomic E-state index is 0.00428. The van der Waals surface area contributed by atoms with Crippen molar-refractivity contribution in [1.29, 1.82) is 0 Å². The van der Waals surface area contributed by atoms with Gasteiger partial charge in [-0.3, -0.25) is 9.59 Å². The van der Waals surface area contributed by atoms with Crippen molar-refractivity contribution >= 4 is 11.8 Å². The van der Waals surface area contributed by atoms with Gasteiger partial charge in [-0.25, -0.2) is 0 Å². The number of aromatic nitrogens is 3. The van der Waals surface area contributed by atoms with Crippen LogP contribution in [-0.4, -0.2) is 69.2 Å². The first-order chi connectivity index (χ1) is 13.0. The lowest BCUT2D eigenvalue weighted by molar-refractivity contribution is -0.137. The van der Waals surface area contributed by atoms with Gasteiger partial charge in [-0.2, -0.15) is 0 Å². The molecule has 27 heavy (non-hydrogen) atoms. The van der Waals surface area contributed by atoms with Gasteiger partial charge >= 0.3 is 0 Å². The fourth-order valence-electron chi connectivity index (χ4n) is 3.84. The molecule has 0 aromatic carbocycles. The number of rotatable bonds is 6.